The summed E-state index contributed by atoms with van der Waals surface area (Å²) in [4.78, 5) is 0. The fraction of sp³-hybridized carbons (Fsp3) is 1.00. The zero-order chi connectivity index (χ0) is 16.7. The first-order chi connectivity index (χ1) is 11.1. The molecule has 2 fully saturated rings. The van der Waals surface area contributed by atoms with Crippen molar-refractivity contribution in [2.24, 2.45) is 23.7 Å². The van der Waals surface area contributed by atoms with Crippen LogP contribution in [-0.4, -0.2) is 25.4 Å². The van der Waals surface area contributed by atoms with Crippen molar-refractivity contribution in [3.63, 3.8) is 0 Å². The molecule has 4 unspecified atom stereocenters. The molecule has 2 aliphatic rings. The van der Waals surface area contributed by atoms with Crippen molar-refractivity contribution in [1.29, 1.82) is 0 Å². The van der Waals surface area contributed by atoms with Crippen LogP contribution < -0.4 is 0 Å². The Balaban J connectivity index is 1.67. The zero-order valence-corrected chi connectivity index (χ0v) is 16.1. The predicted octanol–water partition coefficient (Wildman–Crippen LogP) is 5.84. The van der Waals surface area contributed by atoms with E-state index in [2.05, 4.69) is 27.7 Å². The summed E-state index contributed by atoms with van der Waals surface area (Å²) < 4.78 is 12.5. The van der Waals surface area contributed by atoms with Gasteiger partial charge in [-0.05, 0) is 55.8 Å². The van der Waals surface area contributed by atoms with E-state index in [0.717, 1.165) is 25.0 Å². The Kier molecular flexibility index (Phi) is 8.40. The lowest BCUT2D eigenvalue weighted by Gasteiger charge is -2.40. The normalized spacial score (nSPS) is 38.6. The molecule has 2 nitrogen and oxygen atoms in total. The van der Waals surface area contributed by atoms with E-state index in [9.17, 15) is 0 Å². The number of unbranched alkanes of at least 4 members (excludes halogenated alkanes) is 2. The second-order valence-electron chi connectivity index (χ2n) is 8.41. The summed E-state index contributed by atoms with van der Waals surface area (Å²) in [5.74, 6) is 3.01. The molecular weight excluding hydrogens is 284 g/mol. The van der Waals surface area contributed by atoms with E-state index in [1.165, 1.54) is 57.8 Å². The highest BCUT2D eigenvalue weighted by Gasteiger charge is 2.35. The van der Waals surface area contributed by atoms with Crippen LogP contribution in [0.1, 0.15) is 85.5 Å². The molecule has 0 heterocycles. The Labute approximate surface area is 144 Å². The molecule has 0 aromatic carbocycles. The van der Waals surface area contributed by atoms with E-state index >= 15 is 0 Å². The molecule has 2 heteroatoms. The van der Waals surface area contributed by atoms with E-state index < -0.39 is 0 Å². The molecule has 0 aromatic rings. The number of rotatable bonds is 8. The van der Waals surface area contributed by atoms with Crippen molar-refractivity contribution in [2.45, 2.75) is 97.7 Å². The Morgan fingerprint density at radius 1 is 0.739 bits per heavy atom. The van der Waals surface area contributed by atoms with Crippen LogP contribution >= 0.6 is 0 Å². The summed E-state index contributed by atoms with van der Waals surface area (Å²) >= 11 is 0. The molecule has 2 rings (SSSR count). The molecule has 0 amide bonds. The average Bonchev–Trinajstić information content (AvgIpc) is 2.56. The maximum atomic E-state index is 6.38. The molecule has 0 saturated heterocycles. The van der Waals surface area contributed by atoms with Gasteiger partial charge in [0.25, 0.3) is 0 Å². The van der Waals surface area contributed by atoms with Crippen molar-refractivity contribution >= 4 is 0 Å². The topological polar surface area (TPSA) is 18.5 Å². The fourth-order valence-corrected chi connectivity index (χ4v) is 4.34. The molecule has 0 aliphatic heterocycles. The van der Waals surface area contributed by atoms with Crippen LogP contribution in [0.2, 0.25) is 0 Å². The first-order valence-corrected chi connectivity index (χ1v) is 10.3. The first kappa shape index (κ1) is 19.2. The van der Waals surface area contributed by atoms with Gasteiger partial charge in [0.1, 0.15) is 0 Å². The van der Waals surface area contributed by atoms with Crippen molar-refractivity contribution < 1.29 is 9.47 Å². The Morgan fingerprint density at radius 3 is 1.96 bits per heavy atom. The van der Waals surface area contributed by atoms with E-state index in [-0.39, 0.29) is 0 Å². The van der Waals surface area contributed by atoms with Gasteiger partial charge in [0.2, 0.25) is 0 Å². The molecule has 2 aliphatic carbocycles. The minimum atomic E-state index is 0.456. The molecule has 0 bridgehead atoms. The molecule has 0 spiro atoms. The molecule has 4 atom stereocenters. The van der Waals surface area contributed by atoms with Crippen molar-refractivity contribution in [3.8, 4) is 0 Å². The Hall–Kier alpha value is -0.0800. The van der Waals surface area contributed by atoms with Gasteiger partial charge in [-0.25, -0.2) is 0 Å². The monoisotopic (exact) mass is 324 g/mol. The third-order valence-electron chi connectivity index (χ3n) is 6.50. The molecule has 0 radical (unpaired) electrons. The van der Waals surface area contributed by atoms with Gasteiger partial charge in [-0.3, -0.25) is 0 Å². The lowest BCUT2D eigenvalue weighted by molar-refractivity contribution is -0.0992. The standard InChI is InChI=1S/C21H40O2/c1-5-6-7-14-22-20-12-13-21(18(4)17(20)3)23-15-19-10-8-16(2)9-11-19/h16-21H,5-15H2,1-4H3. The van der Waals surface area contributed by atoms with Crippen LogP contribution in [0.5, 0.6) is 0 Å². The molecular formula is C21H40O2. The van der Waals surface area contributed by atoms with Gasteiger partial charge < -0.3 is 9.47 Å². The molecule has 0 aromatic heterocycles. The van der Waals surface area contributed by atoms with Gasteiger partial charge in [-0.2, -0.15) is 0 Å². The Bertz CT molecular complexity index is 309. The molecule has 0 N–H and O–H groups in total. The zero-order valence-electron chi connectivity index (χ0n) is 16.1. The molecule has 136 valence electrons. The van der Waals surface area contributed by atoms with E-state index in [1.807, 2.05) is 0 Å². The fourth-order valence-electron chi connectivity index (χ4n) is 4.34. The third-order valence-corrected chi connectivity index (χ3v) is 6.50. The van der Waals surface area contributed by atoms with Gasteiger partial charge in [0, 0.05) is 13.2 Å². The average molecular weight is 325 g/mol. The van der Waals surface area contributed by atoms with E-state index in [1.54, 1.807) is 0 Å². The van der Waals surface area contributed by atoms with Gasteiger partial charge in [0.05, 0.1) is 12.2 Å². The maximum absolute atomic E-state index is 6.38. The third kappa shape index (κ3) is 6.05. The van der Waals surface area contributed by atoms with Gasteiger partial charge >= 0.3 is 0 Å². The summed E-state index contributed by atoms with van der Waals surface area (Å²) in [5.41, 5.74) is 0. The predicted molar refractivity (Wildman–Crippen MR) is 97.7 cm³/mol. The van der Waals surface area contributed by atoms with Gasteiger partial charge in [0.15, 0.2) is 0 Å². The van der Waals surface area contributed by atoms with Crippen LogP contribution in [0.25, 0.3) is 0 Å². The van der Waals surface area contributed by atoms with Gasteiger partial charge in [-0.1, -0.05) is 53.4 Å². The number of hydrogen-bond donors (Lipinski definition) is 0. The summed E-state index contributed by atoms with van der Waals surface area (Å²) in [6, 6.07) is 0. The summed E-state index contributed by atoms with van der Waals surface area (Å²) in [6.07, 6.45) is 12.6. The summed E-state index contributed by atoms with van der Waals surface area (Å²) in [6.45, 7) is 11.3. The highest BCUT2D eigenvalue weighted by Crippen LogP contribution is 2.35. The quantitative estimate of drug-likeness (QED) is 0.522. The second-order valence-corrected chi connectivity index (χ2v) is 8.41. The van der Waals surface area contributed by atoms with Crippen LogP contribution in [-0.2, 0) is 9.47 Å². The highest BCUT2D eigenvalue weighted by molar-refractivity contribution is 4.85. The van der Waals surface area contributed by atoms with Crippen molar-refractivity contribution in [3.05, 3.63) is 0 Å². The lowest BCUT2D eigenvalue weighted by Crippen LogP contribution is -2.41. The molecule has 2 saturated carbocycles. The largest absolute Gasteiger partial charge is 0.378 e. The van der Waals surface area contributed by atoms with Crippen LogP contribution in [0.4, 0.5) is 0 Å². The van der Waals surface area contributed by atoms with Crippen molar-refractivity contribution in [1.82, 2.24) is 0 Å². The highest BCUT2D eigenvalue weighted by atomic mass is 16.5. The molecule has 23 heavy (non-hydrogen) atoms. The number of hydrogen-bond acceptors (Lipinski definition) is 2. The van der Waals surface area contributed by atoms with Crippen LogP contribution in [0, 0.1) is 23.7 Å². The van der Waals surface area contributed by atoms with Gasteiger partial charge in [-0.15, -0.1) is 0 Å². The number of ether oxygens (including phenoxy) is 2. The SMILES string of the molecule is CCCCCOC1CCC(OCC2CCC(C)CC2)C(C)C1C. The van der Waals surface area contributed by atoms with E-state index in [4.69, 9.17) is 9.47 Å². The lowest BCUT2D eigenvalue weighted by atomic mass is 9.77. The summed E-state index contributed by atoms with van der Waals surface area (Å²) in [5, 5.41) is 0. The summed E-state index contributed by atoms with van der Waals surface area (Å²) in [7, 11) is 0. The minimum absolute atomic E-state index is 0.456. The van der Waals surface area contributed by atoms with E-state index in [0.29, 0.717) is 24.0 Å². The second kappa shape index (κ2) is 10.0. The van der Waals surface area contributed by atoms with Crippen molar-refractivity contribution in [2.75, 3.05) is 13.2 Å². The van der Waals surface area contributed by atoms with Crippen LogP contribution in [0.3, 0.4) is 0 Å². The maximum Gasteiger partial charge on any atom is 0.0605 e. The minimum Gasteiger partial charge on any atom is -0.378 e. The smallest absolute Gasteiger partial charge is 0.0605 e. The van der Waals surface area contributed by atoms with Crippen LogP contribution in [0.15, 0.2) is 0 Å². The Morgan fingerprint density at radius 2 is 1.35 bits per heavy atom. The first-order valence-electron chi connectivity index (χ1n) is 10.3.